The Morgan fingerprint density at radius 2 is 2.14 bits per heavy atom. The molecule has 2 rings (SSSR count). The van der Waals surface area contributed by atoms with Crippen LogP contribution >= 0.6 is 11.3 Å². The van der Waals surface area contributed by atoms with Crippen LogP contribution in [0.4, 0.5) is 0 Å². The molecular formula is C9H10N2O2S. The predicted molar refractivity (Wildman–Crippen MR) is 52.7 cm³/mol. The highest BCUT2D eigenvalue weighted by atomic mass is 32.1. The van der Waals surface area contributed by atoms with Crippen molar-refractivity contribution in [3.63, 3.8) is 0 Å². The summed E-state index contributed by atoms with van der Waals surface area (Å²) in [5, 5.41) is 3.55. The standard InChI is InChI=1S/C9H10N2O2S/c12-8(6-1-2-6)10-11-9(13)7-3-4-14-5-7/h3-6H,1-2H2,(H,10,12)(H,11,13). The SMILES string of the molecule is O=C(NNC(=O)C1CC1)c1ccsc1. The number of rotatable bonds is 2. The van der Waals surface area contributed by atoms with Gasteiger partial charge in [-0.15, -0.1) is 0 Å². The van der Waals surface area contributed by atoms with Gasteiger partial charge in [-0.1, -0.05) is 0 Å². The third kappa shape index (κ3) is 2.11. The summed E-state index contributed by atoms with van der Waals surface area (Å²) in [7, 11) is 0. The minimum Gasteiger partial charge on any atom is -0.273 e. The summed E-state index contributed by atoms with van der Waals surface area (Å²) in [6.07, 6.45) is 1.86. The van der Waals surface area contributed by atoms with E-state index >= 15 is 0 Å². The van der Waals surface area contributed by atoms with Gasteiger partial charge in [-0.25, -0.2) is 0 Å². The van der Waals surface area contributed by atoms with Crippen LogP contribution in [-0.4, -0.2) is 11.8 Å². The first-order valence-electron chi connectivity index (χ1n) is 4.40. The molecule has 1 aliphatic rings. The first kappa shape index (κ1) is 9.21. The molecule has 14 heavy (non-hydrogen) atoms. The predicted octanol–water partition coefficient (Wildman–Crippen LogP) is 0.919. The molecule has 1 aromatic rings. The van der Waals surface area contributed by atoms with Gasteiger partial charge >= 0.3 is 0 Å². The summed E-state index contributed by atoms with van der Waals surface area (Å²) in [6, 6.07) is 1.71. The molecule has 74 valence electrons. The van der Waals surface area contributed by atoms with Gasteiger partial charge in [0.1, 0.15) is 0 Å². The molecule has 0 atom stereocenters. The second kappa shape index (κ2) is 3.79. The number of amides is 2. The molecule has 1 fully saturated rings. The van der Waals surface area contributed by atoms with Crippen molar-refractivity contribution in [3.8, 4) is 0 Å². The van der Waals surface area contributed by atoms with Crippen molar-refractivity contribution < 1.29 is 9.59 Å². The Labute approximate surface area is 85.3 Å². The van der Waals surface area contributed by atoms with Crippen molar-refractivity contribution in [1.82, 2.24) is 10.9 Å². The van der Waals surface area contributed by atoms with E-state index in [2.05, 4.69) is 10.9 Å². The number of hydrogen-bond acceptors (Lipinski definition) is 3. The number of carbonyl (C=O) groups excluding carboxylic acids is 2. The first-order valence-corrected chi connectivity index (χ1v) is 5.34. The molecule has 0 spiro atoms. The number of thiophene rings is 1. The average Bonchev–Trinajstić information content (AvgIpc) is 2.90. The second-order valence-corrected chi connectivity index (χ2v) is 4.01. The van der Waals surface area contributed by atoms with Gasteiger partial charge in [-0.2, -0.15) is 11.3 Å². The molecule has 1 heterocycles. The monoisotopic (exact) mass is 210 g/mol. The Bertz CT molecular complexity index is 344. The maximum absolute atomic E-state index is 11.3. The Hall–Kier alpha value is -1.36. The molecule has 1 saturated carbocycles. The number of carbonyl (C=O) groups is 2. The zero-order valence-electron chi connectivity index (χ0n) is 7.45. The lowest BCUT2D eigenvalue weighted by Gasteiger charge is -2.04. The fourth-order valence-corrected chi connectivity index (χ4v) is 1.67. The van der Waals surface area contributed by atoms with Crippen molar-refractivity contribution in [2.75, 3.05) is 0 Å². The van der Waals surface area contributed by atoms with E-state index in [1.165, 1.54) is 11.3 Å². The van der Waals surface area contributed by atoms with Crippen LogP contribution in [0.3, 0.4) is 0 Å². The van der Waals surface area contributed by atoms with E-state index in [1.807, 2.05) is 5.38 Å². The van der Waals surface area contributed by atoms with Crippen LogP contribution in [0, 0.1) is 5.92 Å². The number of nitrogens with one attached hydrogen (secondary N) is 2. The van der Waals surface area contributed by atoms with E-state index in [-0.39, 0.29) is 17.7 Å². The van der Waals surface area contributed by atoms with E-state index in [9.17, 15) is 9.59 Å². The van der Waals surface area contributed by atoms with Gasteiger partial charge in [-0.3, -0.25) is 20.4 Å². The molecule has 2 amide bonds. The van der Waals surface area contributed by atoms with Crippen LogP contribution in [-0.2, 0) is 4.79 Å². The summed E-state index contributed by atoms with van der Waals surface area (Å²) in [5.41, 5.74) is 5.35. The molecule has 1 aromatic heterocycles. The summed E-state index contributed by atoms with van der Waals surface area (Å²) in [4.78, 5) is 22.5. The molecule has 0 aliphatic heterocycles. The lowest BCUT2D eigenvalue weighted by Crippen LogP contribution is -2.42. The Balaban J connectivity index is 1.80. The summed E-state index contributed by atoms with van der Waals surface area (Å²) in [5.74, 6) is -0.244. The summed E-state index contributed by atoms with van der Waals surface area (Å²) >= 11 is 1.45. The third-order valence-corrected chi connectivity index (χ3v) is 2.71. The minimum absolute atomic E-state index is 0.0893. The highest BCUT2D eigenvalue weighted by molar-refractivity contribution is 7.08. The maximum Gasteiger partial charge on any atom is 0.270 e. The summed E-state index contributed by atoms with van der Waals surface area (Å²) < 4.78 is 0. The van der Waals surface area contributed by atoms with Gasteiger partial charge in [0, 0.05) is 11.3 Å². The Morgan fingerprint density at radius 3 is 2.71 bits per heavy atom. The first-order chi connectivity index (χ1) is 6.77. The highest BCUT2D eigenvalue weighted by Gasteiger charge is 2.29. The van der Waals surface area contributed by atoms with Crippen molar-refractivity contribution in [2.24, 2.45) is 5.92 Å². The fourth-order valence-electron chi connectivity index (χ4n) is 1.03. The van der Waals surface area contributed by atoms with E-state index in [1.54, 1.807) is 11.4 Å². The quantitative estimate of drug-likeness (QED) is 0.713. The highest BCUT2D eigenvalue weighted by Crippen LogP contribution is 2.28. The molecule has 0 saturated heterocycles. The minimum atomic E-state index is -0.264. The molecule has 0 bridgehead atoms. The van der Waals surface area contributed by atoms with Crippen LogP contribution < -0.4 is 10.9 Å². The lowest BCUT2D eigenvalue weighted by molar-refractivity contribution is -0.123. The van der Waals surface area contributed by atoms with Crippen molar-refractivity contribution in [3.05, 3.63) is 22.4 Å². The number of hydrogen-bond donors (Lipinski definition) is 2. The summed E-state index contributed by atoms with van der Waals surface area (Å²) in [6.45, 7) is 0. The van der Waals surface area contributed by atoms with Gasteiger partial charge in [0.2, 0.25) is 5.91 Å². The molecular weight excluding hydrogens is 200 g/mol. The Morgan fingerprint density at radius 1 is 1.36 bits per heavy atom. The Kier molecular flexibility index (Phi) is 2.49. The molecule has 0 aromatic carbocycles. The van der Waals surface area contributed by atoms with Gasteiger partial charge in [-0.05, 0) is 24.3 Å². The third-order valence-electron chi connectivity index (χ3n) is 2.03. The molecule has 2 N–H and O–H groups in total. The van der Waals surface area contributed by atoms with Crippen LogP contribution in [0.15, 0.2) is 16.8 Å². The largest absolute Gasteiger partial charge is 0.273 e. The number of hydrazine groups is 1. The van der Waals surface area contributed by atoms with E-state index in [0.717, 1.165) is 12.8 Å². The van der Waals surface area contributed by atoms with Gasteiger partial charge < -0.3 is 0 Å². The zero-order chi connectivity index (χ0) is 9.97. The molecule has 5 heteroatoms. The fraction of sp³-hybridized carbons (Fsp3) is 0.333. The van der Waals surface area contributed by atoms with Crippen LogP contribution in [0.1, 0.15) is 23.2 Å². The molecule has 4 nitrogen and oxygen atoms in total. The van der Waals surface area contributed by atoms with Gasteiger partial charge in [0.05, 0.1) is 5.56 Å². The van der Waals surface area contributed by atoms with Crippen molar-refractivity contribution >= 4 is 23.2 Å². The molecule has 0 unspecified atom stereocenters. The second-order valence-electron chi connectivity index (χ2n) is 3.23. The maximum atomic E-state index is 11.3. The topological polar surface area (TPSA) is 58.2 Å². The van der Waals surface area contributed by atoms with E-state index < -0.39 is 0 Å². The lowest BCUT2D eigenvalue weighted by atomic mass is 10.3. The smallest absolute Gasteiger partial charge is 0.270 e. The van der Waals surface area contributed by atoms with E-state index in [0.29, 0.717) is 5.56 Å². The average molecular weight is 210 g/mol. The van der Waals surface area contributed by atoms with Crippen LogP contribution in [0.5, 0.6) is 0 Å². The normalized spacial score (nSPS) is 14.9. The van der Waals surface area contributed by atoms with Crippen LogP contribution in [0.25, 0.3) is 0 Å². The van der Waals surface area contributed by atoms with E-state index in [4.69, 9.17) is 0 Å². The molecule has 1 aliphatic carbocycles. The van der Waals surface area contributed by atoms with Gasteiger partial charge in [0.25, 0.3) is 5.91 Å². The van der Waals surface area contributed by atoms with Crippen LogP contribution in [0.2, 0.25) is 0 Å². The molecule has 0 radical (unpaired) electrons. The van der Waals surface area contributed by atoms with Crippen molar-refractivity contribution in [1.29, 1.82) is 0 Å². The van der Waals surface area contributed by atoms with Crippen molar-refractivity contribution in [2.45, 2.75) is 12.8 Å². The zero-order valence-corrected chi connectivity index (χ0v) is 8.26. The van der Waals surface area contributed by atoms with Gasteiger partial charge in [0.15, 0.2) is 0 Å².